The van der Waals surface area contributed by atoms with E-state index < -0.39 is 0 Å². The second kappa shape index (κ2) is 5.76. The fourth-order valence-electron chi connectivity index (χ4n) is 3.43. The predicted octanol–water partition coefficient (Wildman–Crippen LogP) is 1.47. The Morgan fingerprint density at radius 3 is 2.65 bits per heavy atom. The van der Waals surface area contributed by atoms with Crippen molar-refractivity contribution < 1.29 is 14.3 Å². The van der Waals surface area contributed by atoms with Crippen molar-refractivity contribution in [2.45, 2.75) is 19.3 Å². The van der Waals surface area contributed by atoms with Crippen LogP contribution in [0.3, 0.4) is 0 Å². The molecule has 0 unspecified atom stereocenters. The molecule has 1 aromatic rings. The second-order valence-corrected chi connectivity index (χ2v) is 6.43. The maximum Gasteiger partial charge on any atom is 0.262 e. The van der Waals surface area contributed by atoms with Gasteiger partial charge in [0.25, 0.3) is 5.91 Å². The van der Waals surface area contributed by atoms with Crippen molar-refractivity contribution in [1.82, 2.24) is 4.90 Å². The molecule has 2 aliphatic heterocycles. The molecule has 0 radical (unpaired) electrons. The van der Waals surface area contributed by atoms with Gasteiger partial charge in [0, 0.05) is 32.1 Å². The summed E-state index contributed by atoms with van der Waals surface area (Å²) < 4.78 is 5.62. The smallest absolute Gasteiger partial charge is 0.262 e. The van der Waals surface area contributed by atoms with Crippen LogP contribution in [0.5, 0.6) is 5.75 Å². The van der Waals surface area contributed by atoms with Gasteiger partial charge in [0.1, 0.15) is 0 Å². The van der Waals surface area contributed by atoms with Crippen LogP contribution in [0.4, 0.5) is 11.4 Å². The molecule has 0 atom stereocenters. The van der Waals surface area contributed by atoms with Gasteiger partial charge in [-0.1, -0.05) is 12.5 Å². The van der Waals surface area contributed by atoms with Crippen molar-refractivity contribution in [1.29, 1.82) is 0 Å². The fourth-order valence-corrected chi connectivity index (χ4v) is 3.43. The molecule has 122 valence electrons. The number of nitrogens with zero attached hydrogens (tertiary/aromatic N) is 2. The first-order chi connectivity index (χ1) is 11.2. The summed E-state index contributed by atoms with van der Waals surface area (Å²) in [6, 6.07) is 5.79. The van der Waals surface area contributed by atoms with Crippen LogP contribution in [-0.2, 0) is 9.59 Å². The maximum atomic E-state index is 12.3. The third-order valence-electron chi connectivity index (χ3n) is 5.00. The van der Waals surface area contributed by atoms with E-state index in [4.69, 9.17) is 4.74 Å². The Kier molecular flexibility index (Phi) is 3.59. The van der Waals surface area contributed by atoms with Crippen molar-refractivity contribution in [2.24, 2.45) is 5.92 Å². The molecule has 6 heteroatoms. The van der Waals surface area contributed by atoms with E-state index >= 15 is 0 Å². The fraction of sp³-hybridized carbons (Fsp3) is 0.529. The largest absolute Gasteiger partial charge is 0.479 e. The molecule has 2 heterocycles. The number of amides is 2. The SMILES string of the molecule is O=C1COc2c(cccc2N2CCN(C(=O)C3CCC3)CC2)N1. The van der Waals surface area contributed by atoms with E-state index in [0.29, 0.717) is 5.91 Å². The zero-order chi connectivity index (χ0) is 15.8. The van der Waals surface area contributed by atoms with Crippen molar-refractivity contribution in [3.8, 4) is 5.75 Å². The van der Waals surface area contributed by atoms with E-state index in [9.17, 15) is 9.59 Å². The number of para-hydroxylation sites is 1. The number of piperazine rings is 1. The lowest BCUT2D eigenvalue weighted by Gasteiger charge is -2.39. The highest BCUT2D eigenvalue weighted by molar-refractivity contribution is 5.97. The Balaban J connectivity index is 1.45. The molecular formula is C17H21N3O3. The third-order valence-corrected chi connectivity index (χ3v) is 5.00. The van der Waals surface area contributed by atoms with E-state index in [0.717, 1.165) is 56.1 Å². The lowest BCUT2D eigenvalue weighted by Crippen LogP contribution is -2.51. The summed E-state index contributed by atoms with van der Waals surface area (Å²) in [7, 11) is 0. The van der Waals surface area contributed by atoms with Crippen molar-refractivity contribution in [2.75, 3.05) is 43.0 Å². The molecule has 2 amide bonds. The summed E-state index contributed by atoms with van der Waals surface area (Å²) in [5.74, 6) is 1.22. The third kappa shape index (κ3) is 2.62. The summed E-state index contributed by atoms with van der Waals surface area (Å²) >= 11 is 0. The molecule has 23 heavy (non-hydrogen) atoms. The van der Waals surface area contributed by atoms with Crippen LogP contribution in [0.25, 0.3) is 0 Å². The van der Waals surface area contributed by atoms with Crippen LogP contribution in [0.2, 0.25) is 0 Å². The number of benzene rings is 1. The Morgan fingerprint density at radius 1 is 1.17 bits per heavy atom. The van der Waals surface area contributed by atoms with Crippen LogP contribution in [0.1, 0.15) is 19.3 Å². The zero-order valence-corrected chi connectivity index (χ0v) is 13.1. The van der Waals surface area contributed by atoms with Crippen LogP contribution < -0.4 is 15.0 Å². The average Bonchev–Trinajstić information content (AvgIpc) is 2.52. The number of anilines is 2. The van der Waals surface area contributed by atoms with Gasteiger partial charge in [-0.05, 0) is 25.0 Å². The van der Waals surface area contributed by atoms with Crippen LogP contribution in [0, 0.1) is 5.92 Å². The number of hydrogen-bond donors (Lipinski definition) is 1. The van der Waals surface area contributed by atoms with E-state index in [1.807, 2.05) is 23.1 Å². The standard InChI is InChI=1S/C17H21N3O3/c21-15-11-23-16-13(18-15)5-2-6-14(16)19-7-9-20(10-8-19)17(22)12-3-1-4-12/h2,5-6,12H,1,3-4,7-11H2,(H,18,21). The van der Waals surface area contributed by atoms with Gasteiger partial charge in [0.2, 0.25) is 5.91 Å². The van der Waals surface area contributed by atoms with Crippen molar-refractivity contribution >= 4 is 23.2 Å². The van der Waals surface area contributed by atoms with Gasteiger partial charge in [-0.3, -0.25) is 9.59 Å². The van der Waals surface area contributed by atoms with Gasteiger partial charge in [-0.25, -0.2) is 0 Å². The number of ether oxygens (including phenoxy) is 1. The Labute approximate surface area is 135 Å². The lowest BCUT2D eigenvalue weighted by atomic mass is 9.84. The number of carbonyl (C=O) groups is 2. The number of fused-ring (bicyclic) bond motifs is 1. The van der Waals surface area contributed by atoms with Crippen molar-refractivity contribution in [3.05, 3.63) is 18.2 Å². The summed E-state index contributed by atoms with van der Waals surface area (Å²) in [6.07, 6.45) is 3.30. The summed E-state index contributed by atoms with van der Waals surface area (Å²) in [5.41, 5.74) is 1.73. The molecule has 6 nitrogen and oxygen atoms in total. The Hall–Kier alpha value is -2.24. The topological polar surface area (TPSA) is 61.9 Å². The molecule has 1 saturated heterocycles. The lowest BCUT2D eigenvalue weighted by molar-refractivity contribution is -0.138. The minimum atomic E-state index is -0.120. The first-order valence-electron chi connectivity index (χ1n) is 8.32. The highest BCUT2D eigenvalue weighted by Gasteiger charge is 2.32. The monoisotopic (exact) mass is 315 g/mol. The van der Waals surface area contributed by atoms with E-state index in [2.05, 4.69) is 10.2 Å². The first kappa shape index (κ1) is 14.4. The Morgan fingerprint density at radius 2 is 1.96 bits per heavy atom. The molecule has 0 bridgehead atoms. The summed E-state index contributed by atoms with van der Waals surface area (Å²) in [5, 5.41) is 2.84. The van der Waals surface area contributed by atoms with Gasteiger partial charge in [-0.2, -0.15) is 0 Å². The molecule has 1 aliphatic carbocycles. The molecule has 0 aromatic heterocycles. The molecular weight excluding hydrogens is 294 g/mol. The number of carbonyl (C=O) groups excluding carboxylic acids is 2. The van der Waals surface area contributed by atoms with Crippen molar-refractivity contribution in [3.63, 3.8) is 0 Å². The number of hydrogen-bond acceptors (Lipinski definition) is 4. The first-order valence-corrected chi connectivity index (χ1v) is 8.32. The minimum absolute atomic E-state index is 0.0597. The normalized spacial score (nSPS) is 21.1. The number of rotatable bonds is 2. The predicted molar refractivity (Wildman–Crippen MR) is 86.7 cm³/mol. The van der Waals surface area contributed by atoms with Gasteiger partial charge in [0.15, 0.2) is 12.4 Å². The summed E-state index contributed by atoms with van der Waals surface area (Å²) in [4.78, 5) is 28.0. The van der Waals surface area contributed by atoms with E-state index in [1.165, 1.54) is 6.42 Å². The molecule has 1 N–H and O–H groups in total. The highest BCUT2D eigenvalue weighted by atomic mass is 16.5. The highest BCUT2D eigenvalue weighted by Crippen LogP contribution is 2.38. The van der Waals surface area contributed by atoms with E-state index in [-0.39, 0.29) is 18.4 Å². The molecule has 2 fully saturated rings. The van der Waals surface area contributed by atoms with Crippen LogP contribution in [-0.4, -0.2) is 49.5 Å². The number of nitrogens with one attached hydrogen (secondary N) is 1. The average molecular weight is 315 g/mol. The zero-order valence-electron chi connectivity index (χ0n) is 13.1. The van der Waals surface area contributed by atoms with Gasteiger partial charge < -0.3 is 19.9 Å². The summed E-state index contributed by atoms with van der Waals surface area (Å²) in [6.45, 7) is 3.17. The quantitative estimate of drug-likeness (QED) is 0.898. The van der Waals surface area contributed by atoms with Gasteiger partial charge in [0.05, 0.1) is 11.4 Å². The van der Waals surface area contributed by atoms with Gasteiger partial charge in [-0.15, -0.1) is 0 Å². The Bertz CT molecular complexity index is 634. The second-order valence-electron chi connectivity index (χ2n) is 6.43. The molecule has 1 aromatic carbocycles. The molecule has 3 aliphatic rings. The minimum Gasteiger partial charge on any atom is -0.479 e. The van der Waals surface area contributed by atoms with Crippen LogP contribution in [0.15, 0.2) is 18.2 Å². The van der Waals surface area contributed by atoms with E-state index in [1.54, 1.807) is 0 Å². The molecule has 1 saturated carbocycles. The van der Waals surface area contributed by atoms with Crippen LogP contribution >= 0.6 is 0 Å². The molecule has 4 rings (SSSR count). The maximum absolute atomic E-state index is 12.3. The molecule has 0 spiro atoms. The van der Waals surface area contributed by atoms with Gasteiger partial charge >= 0.3 is 0 Å².